The zero-order chi connectivity index (χ0) is 20.4. The Morgan fingerprint density at radius 2 is 2.24 bits per heavy atom. The van der Waals surface area contributed by atoms with Crippen LogP contribution in [0, 0.1) is 23.2 Å². The van der Waals surface area contributed by atoms with E-state index in [2.05, 4.69) is 22.2 Å². The number of carbonyl (C=O) groups is 2. The zero-order valence-corrected chi connectivity index (χ0v) is 16.5. The third-order valence-electron chi connectivity index (χ3n) is 5.82. The summed E-state index contributed by atoms with van der Waals surface area (Å²) >= 11 is 0. The fourth-order valence-electron chi connectivity index (χ4n) is 3.72. The van der Waals surface area contributed by atoms with Crippen molar-refractivity contribution in [3.8, 4) is 6.07 Å². The molecule has 1 aliphatic carbocycles. The molecule has 2 aliphatic rings. The Morgan fingerprint density at radius 1 is 1.41 bits per heavy atom. The van der Waals surface area contributed by atoms with Crippen LogP contribution in [0.1, 0.15) is 43.0 Å². The van der Waals surface area contributed by atoms with E-state index in [4.69, 9.17) is 10.00 Å². The van der Waals surface area contributed by atoms with Gasteiger partial charge in [0.25, 0.3) is 0 Å². The van der Waals surface area contributed by atoms with E-state index in [0.717, 1.165) is 24.6 Å². The first-order valence-electron chi connectivity index (χ1n) is 10.1. The van der Waals surface area contributed by atoms with Crippen molar-refractivity contribution < 1.29 is 14.3 Å². The van der Waals surface area contributed by atoms with Crippen LogP contribution >= 0.6 is 0 Å². The van der Waals surface area contributed by atoms with Crippen LogP contribution in [0.25, 0.3) is 11.0 Å². The summed E-state index contributed by atoms with van der Waals surface area (Å²) in [5.74, 6) is 0.253. The van der Waals surface area contributed by atoms with Gasteiger partial charge in [0.1, 0.15) is 17.6 Å². The number of aromatic amines is 1. The summed E-state index contributed by atoms with van der Waals surface area (Å²) in [6, 6.07) is 3.77. The van der Waals surface area contributed by atoms with Crippen molar-refractivity contribution in [3.05, 3.63) is 24.0 Å². The van der Waals surface area contributed by atoms with Crippen LogP contribution in [0.4, 0.5) is 5.69 Å². The lowest BCUT2D eigenvalue weighted by Crippen LogP contribution is -2.49. The average Bonchev–Trinajstić information content (AvgIpc) is 3.42. The maximum absolute atomic E-state index is 12.7. The van der Waals surface area contributed by atoms with Crippen LogP contribution < -0.4 is 5.32 Å². The molecule has 2 fully saturated rings. The predicted molar refractivity (Wildman–Crippen MR) is 107 cm³/mol. The number of fused-ring (bicyclic) bond motifs is 1. The molecular weight excluding hydrogens is 370 g/mol. The minimum Gasteiger partial charge on any atom is -0.462 e. The van der Waals surface area contributed by atoms with Crippen molar-refractivity contribution in [2.45, 2.75) is 38.6 Å². The number of nitrogens with zero attached hydrogens (tertiary/aromatic N) is 3. The first-order chi connectivity index (χ1) is 14.1. The Morgan fingerprint density at radius 3 is 3.00 bits per heavy atom. The summed E-state index contributed by atoms with van der Waals surface area (Å²) in [4.78, 5) is 34.1. The second-order valence-corrected chi connectivity index (χ2v) is 8.02. The number of nitrogens with one attached hydrogen (secondary N) is 2. The number of rotatable bonds is 6. The van der Waals surface area contributed by atoms with Gasteiger partial charge in [-0.2, -0.15) is 5.26 Å². The fourth-order valence-corrected chi connectivity index (χ4v) is 3.72. The third kappa shape index (κ3) is 4.19. The number of pyridine rings is 1. The standard InChI is InChI=1S/C21H25N5O3/c1-13-6-9-26(18(27)4-7-22)11-17(13)25-19-15-5-8-23-20(15)24-10-16(19)21(28)29-12-14-2-3-14/h5,8,10,13-14,17H,2-4,6,9,11-12H2,1H3,(H2,23,24,25)/t13-,17+/m1/s1. The molecule has 0 unspecified atom stereocenters. The number of piperidine rings is 1. The van der Waals surface area contributed by atoms with Crippen LogP contribution in [0.15, 0.2) is 18.5 Å². The maximum Gasteiger partial charge on any atom is 0.341 e. The highest BCUT2D eigenvalue weighted by Crippen LogP contribution is 2.32. The second-order valence-electron chi connectivity index (χ2n) is 8.02. The molecule has 1 saturated carbocycles. The predicted octanol–water partition coefficient (Wildman–Crippen LogP) is 2.69. The summed E-state index contributed by atoms with van der Waals surface area (Å²) in [5.41, 5.74) is 1.78. The van der Waals surface area contributed by atoms with Crippen LogP contribution in [0.5, 0.6) is 0 Å². The molecule has 0 bridgehead atoms. The number of aromatic nitrogens is 2. The van der Waals surface area contributed by atoms with Gasteiger partial charge in [0.15, 0.2) is 0 Å². The van der Waals surface area contributed by atoms with Crippen molar-refractivity contribution in [3.63, 3.8) is 0 Å². The zero-order valence-electron chi connectivity index (χ0n) is 16.5. The van der Waals surface area contributed by atoms with Gasteiger partial charge in [-0.05, 0) is 37.2 Å². The van der Waals surface area contributed by atoms with Crippen molar-refractivity contribution >= 4 is 28.6 Å². The van der Waals surface area contributed by atoms with E-state index >= 15 is 0 Å². The van der Waals surface area contributed by atoms with Gasteiger partial charge < -0.3 is 19.9 Å². The minimum atomic E-state index is -0.379. The second kappa shape index (κ2) is 8.11. The van der Waals surface area contributed by atoms with Gasteiger partial charge in [-0.1, -0.05) is 6.92 Å². The Labute approximate surface area is 169 Å². The number of carbonyl (C=O) groups excluding carboxylic acids is 2. The van der Waals surface area contributed by atoms with E-state index in [-0.39, 0.29) is 24.3 Å². The average molecular weight is 395 g/mol. The summed E-state index contributed by atoms with van der Waals surface area (Å²) in [7, 11) is 0. The smallest absolute Gasteiger partial charge is 0.341 e. The van der Waals surface area contributed by atoms with E-state index in [9.17, 15) is 9.59 Å². The highest BCUT2D eigenvalue weighted by Gasteiger charge is 2.31. The van der Waals surface area contributed by atoms with Gasteiger partial charge in [0.05, 0.1) is 18.4 Å². The molecule has 2 N–H and O–H groups in total. The molecule has 8 nitrogen and oxygen atoms in total. The van der Waals surface area contributed by atoms with Gasteiger partial charge in [-0.25, -0.2) is 9.78 Å². The first-order valence-corrected chi connectivity index (χ1v) is 10.1. The van der Waals surface area contributed by atoms with E-state index in [1.54, 1.807) is 17.3 Å². The lowest BCUT2D eigenvalue weighted by Gasteiger charge is -2.38. The topological polar surface area (TPSA) is 111 Å². The number of ether oxygens (including phenoxy) is 1. The molecule has 8 heteroatoms. The largest absolute Gasteiger partial charge is 0.462 e. The molecule has 152 valence electrons. The molecule has 2 aromatic rings. The van der Waals surface area contributed by atoms with E-state index in [0.29, 0.717) is 48.4 Å². The number of esters is 1. The summed E-state index contributed by atoms with van der Waals surface area (Å²) in [5, 5.41) is 13.2. The molecule has 0 radical (unpaired) electrons. The van der Waals surface area contributed by atoms with Crippen LogP contribution in [0.2, 0.25) is 0 Å². The van der Waals surface area contributed by atoms with E-state index < -0.39 is 0 Å². The van der Waals surface area contributed by atoms with Crippen molar-refractivity contribution in [2.75, 3.05) is 25.0 Å². The van der Waals surface area contributed by atoms with Crippen molar-refractivity contribution in [1.29, 1.82) is 5.26 Å². The van der Waals surface area contributed by atoms with Crippen molar-refractivity contribution in [2.24, 2.45) is 11.8 Å². The van der Waals surface area contributed by atoms with E-state index in [1.807, 2.05) is 12.1 Å². The Kier molecular flexibility index (Phi) is 5.38. The molecule has 0 spiro atoms. The molecule has 1 aliphatic heterocycles. The molecule has 1 saturated heterocycles. The van der Waals surface area contributed by atoms with Gasteiger partial charge in [0, 0.05) is 36.9 Å². The number of likely N-dealkylation sites (tertiary alicyclic amines) is 1. The Bertz CT molecular complexity index is 959. The van der Waals surface area contributed by atoms with Crippen LogP contribution in [0.3, 0.4) is 0 Å². The van der Waals surface area contributed by atoms with Crippen LogP contribution in [-0.2, 0) is 9.53 Å². The summed E-state index contributed by atoms with van der Waals surface area (Å²) in [6.45, 7) is 3.71. The van der Waals surface area contributed by atoms with E-state index in [1.165, 1.54) is 0 Å². The lowest BCUT2D eigenvalue weighted by atomic mass is 9.92. The normalized spacial score (nSPS) is 21.6. The minimum absolute atomic E-state index is 0.0399. The molecule has 2 aromatic heterocycles. The number of H-pyrrole nitrogens is 1. The Hall–Kier alpha value is -3.08. The Balaban J connectivity index is 1.58. The molecule has 4 rings (SSSR count). The quantitative estimate of drug-likeness (QED) is 0.728. The number of anilines is 1. The van der Waals surface area contributed by atoms with Gasteiger partial charge in [-0.15, -0.1) is 0 Å². The van der Waals surface area contributed by atoms with Gasteiger partial charge >= 0.3 is 5.97 Å². The van der Waals surface area contributed by atoms with Crippen LogP contribution in [-0.4, -0.2) is 52.5 Å². The molecule has 1 amide bonds. The molecule has 3 heterocycles. The summed E-state index contributed by atoms with van der Waals surface area (Å²) < 4.78 is 5.50. The fraction of sp³-hybridized carbons (Fsp3) is 0.524. The highest BCUT2D eigenvalue weighted by atomic mass is 16.5. The number of hydrogen-bond donors (Lipinski definition) is 2. The molecule has 0 aromatic carbocycles. The lowest BCUT2D eigenvalue weighted by molar-refractivity contribution is -0.131. The monoisotopic (exact) mass is 395 g/mol. The number of hydrogen-bond acceptors (Lipinski definition) is 6. The molecular formula is C21H25N5O3. The molecule has 29 heavy (non-hydrogen) atoms. The van der Waals surface area contributed by atoms with Gasteiger partial charge in [0.2, 0.25) is 5.91 Å². The number of amides is 1. The first kappa shape index (κ1) is 19.2. The summed E-state index contributed by atoms with van der Waals surface area (Å²) in [6.07, 6.45) is 6.27. The van der Waals surface area contributed by atoms with Gasteiger partial charge in [-0.3, -0.25) is 4.79 Å². The number of nitriles is 1. The molecule has 2 atom stereocenters. The highest BCUT2D eigenvalue weighted by molar-refractivity contribution is 6.04. The third-order valence-corrected chi connectivity index (χ3v) is 5.82. The maximum atomic E-state index is 12.7. The SMILES string of the molecule is C[C@@H]1CCN(C(=O)CC#N)C[C@@H]1Nc1c(C(=O)OCC2CC2)cnc2[nH]ccc12. The van der Waals surface area contributed by atoms with Crippen molar-refractivity contribution in [1.82, 2.24) is 14.9 Å².